The Kier molecular flexibility index (Phi) is 4.00. The van der Waals surface area contributed by atoms with Crippen LogP contribution in [0.5, 0.6) is 0 Å². The summed E-state index contributed by atoms with van der Waals surface area (Å²) >= 11 is 6.09. The van der Waals surface area contributed by atoms with Gasteiger partial charge in [0, 0.05) is 17.1 Å². The Morgan fingerprint density at radius 3 is 2.64 bits per heavy atom. The van der Waals surface area contributed by atoms with E-state index in [4.69, 9.17) is 16.0 Å². The number of hydrogen-bond donors (Lipinski definition) is 1. The van der Waals surface area contributed by atoms with Crippen LogP contribution in [0.2, 0.25) is 5.02 Å². The molecule has 1 saturated carbocycles. The van der Waals surface area contributed by atoms with Gasteiger partial charge in [-0.25, -0.2) is 0 Å². The molecule has 1 amide bonds. The molecule has 3 nitrogen and oxygen atoms in total. The summed E-state index contributed by atoms with van der Waals surface area (Å²) < 4.78 is 5.50. The fraction of sp³-hybridized carbons (Fsp3) is 0.389. The molecule has 0 saturated heterocycles. The largest absolute Gasteiger partial charge is 0.466 e. The lowest BCUT2D eigenvalue weighted by atomic mass is 9.64. The number of furan rings is 1. The summed E-state index contributed by atoms with van der Waals surface area (Å²) in [6.07, 6.45) is 2.83. The molecule has 116 valence electrons. The average Bonchev–Trinajstić information content (AvgIpc) is 2.73. The van der Waals surface area contributed by atoms with Gasteiger partial charge in [-0.2, -0.15) is 0 Å². The number of carbonyl (C=O) groups excluding carboxylic acids is 1. The number of aryl methyl sites for hydroxylation is 2. The van der Waals surface area contributed by atoms with Gasteiger partial charge in [0.05, 0.1) is 5.41 Å². The third kappa shape index (κ3) is 2.66. The Labute approximate surface area is 135 Å². The topological polar surface area (TPSA) is 42.2 Å². The number of benzene rings is 1. The van der Waals surface area contributed by atoms with E-state index >= 15 is 0 Å². The van der Waals surface area contributed by atoms with E-state index in [1.807, 2.05) is 44.2 Å². The van der Waals surface area contributed by atoms with Gasteiger partial charge in [-0.05, 0) is 50.5 Å². The zero-order valence-corrected chi connectivity index (χ0v) is 13.7. The van der Waals surface area contributed by atoms with Crippen LogP contribution in [0.25, 0.3) is 0 Å². The molecule has 0 spiro atoms. The first-order chi connectivity index (χ1) is 10.5. The quantitative estimate of drug-likeness (QED) is 0.914. The van der Waals surface area contributed by atoms with Gasteiger partial charge in [-0.3, -0.25) is 4.79 Å². The highest BCUT2D eigenvalue weighted by Gasteiger charge is 2.45. The van der Waals surface area contributed by atoms with Crippen LogP contribution in [0.1, 0.15) is 41.9 Å². The van der Waals surface area contributed by atoms with E-state index in [1.54, 1.807) is 0 Å². The Hall–Kier alpha value is -1.74. The summed E-state index contributed by atoms with van der Waals surface area (Å²) in [4.78, 5) is 12.8. The molecule has 4 heteroatoms. The molecule has 1 heterocycles. The van der Waals surface area contributed by atoms with Crippen molar-refractivity contribution >= 4 is 17.5 Å². The summed E-state index contributed by atoms with van der Waals surface area (Å²) in [5.41, 5.74) is 1.63. The minimum atomic E-state index is -0.419. The smallest absolute Gasteiger partial charge is 0.230 e. The summed E-state index contributed by atoms with van der Waals surface area (Å²) in [6.45, 7) is 4.34. The van der Waals surface area contributed by atoms with E-state index in [0.717, 1.165) is 41.9 Å². The van der Waals surface area contributed by atoms with Crippen molar-refractivity contribution in [1.82, 2.24) is 5.32 Å². The number of carbonyl (C=O) groups is 1. The van der Waals surface area contributed by atoms with Crippen molar-refractivity contribution in [2.24, 2.45) is 0 Å². The third-order valence-electron chi connectivity index (χ3n) is 4.60. The molecule has 0 bridgehead atoms. The summed E-state index contributed by atoms with van der Waals surface area (Å²) in [5, 5.41) is 3.75. The van der Waals surface area contributed by atoms with Crippen LogP contribution < -0.4 is 5.32 Å². The Balaban J connectivity index is 1.76. The van der Waals surface area contributed by atoms with E-state index in [2.05, 4.69) is 5.32 Å². The zero-order valence-electron chi connectivity index (χ0n) is 12.9. The highest BCUT2D eigenvalue weighted by atomic mass is 35.5. The Bertz CT molecular complexity index is 701. The van der Waals surface area contributed by atoms with Gasteiger partial charge < -0.3 is 9.73 Å². The predicted octanol–water partition coefficient (Wildman–Crippen LogP) is 4.29. The molecule has 1 aromatic heterocycles. The molecule has 0 radical (unpaired) electrons. The molecule has 1 fully saturated rings. The van der Waals surface area contributed by atoms with Crippen LogP contribution in [0.15, 0.2) is 34.7 Å². The van der Waals surface area contributed by atoms with Crippen molar-refractivity contribution in [3.8, 4) is 0 Å². The maximum atomic E-state index is 12.8. The molecule has 1 aromatic carbocycles. The van der Waals surface area contributed by atoms with E-state index < -0.39 is 5.41 Å². The Morgan fingerprint density at radius 2 is 2.09 bits per heavy atom. The van der Waals surface area contributed by atoms with E-state index in [1.165, 1.54) is 0 Å². The second-order valence-corrected chi connectivity index (χ2v) is 6.50. The molecular formula is C18H20ClNO2. The minimum Gasteiger partial charge on any atom is -0.466 e. The summed E-state index contributed by atoms with van der Waals surface area (Å²) in [7, 11) is 0. The second-order valence-electron chi connectivity index (χ2n) is 6.07. The van der Waals surface area contributed by atoms with Crippen LogP contribution in [0.4, 0.5) is 0 Å². The van der Waals surface area contributed by atoms with Crippen LogP contribution in [0.3, 0.4) is 0 Å². The van der Waals surface area contributed by atoms with Crippen LogP contribution >= 0.6 is 11.6 Å². The zero-order chi connectivity index (χ0) is 15.7. The van der Waals surface area contributed by atoms with Gasteiger partial charge in [-0.15, -0.1) is 0 Å². The number of halogens is 1. The average molecular weight is 318 g/mol. The van der Waals surface area contributed by atoms with Gasteiger partial charge in [0.2, 0.25) is 5.91 Å². The van der Waals surface area contributed by atoms with Crippen LogP contribution in [-0.4, -0.2) is 5.91 Å². The lowest BCUT2D eigenvalue weighted by molar-refractivity contribution is -0.130. The Morgan fingerprint density at radius 1 is 1.32 bits per heavy atom. The van der Waals surface area contributed by atoms with Crippen LogP contribution in [-0.2, 0) is 16.8 Å². The van der Waals surface area contributed by atoms with Crippen molar-refractivity contribution in [3.05, 3.63) is 58.0 Å². The second kappa shape index (κ2) is 5.81. The van der Waals surface area contributed by atoms with E-state index in [9.17, 15) is 4.79 Å². The molecule has 0 unspecified atom stereocenters. The molecule has 1 aliphatic carbocycles. The maximum Gasteiger partial charge on any atom is 0.230 e. The summed E-state index contributed by atoms with van der Waals surface area (Å²) in [6, 6.07) is 9.63. The van der Waals surface area contributed by atoms with Crippen molar-refractivity contribution in [3.63, 3.8) is 0 Å². The molecule has 0 aliphatic heterocycles. The van der Waals surface area contributed by atoms with Gasteiger partial charge in [0.1, 0.15) is 11.5 Å². The number of amides is 1. The highest BCUT2D eigenvalue weighted by molar-refractivity contribution is 6.30. The monoisotopic (exact) mass is 317 g/mol. The SMILES string of the molecule is Cc1cc(CNC(=O)C2(c3cccc(Cl)c3)CCC2)c(C)o1. The molecule has 1 N–H and O–H groups in total. The van der Waals surface area contributed by atoms with Crippen LogP contribution in [0, 0.1) is 13.8 Å². The predicted molar refractivity (Wildman–Crippen MR) is 87.0 cm³/mol. The van der Waals surface area contributed by atoms with E-state index in [-0.39, 0.29) is 5.91 Å². The molecule has 2 aromatic rings. The fourth-order valence-corrected chi connectivity index (χ4v) is 3.36. The normalized spacial score (nSPS) is 16.1. The number of hydrogen-bond acceptors (Lipinski definition) is 2. The number of nitrogens with one attached hydrogen (secondary N) is 1. The molecule has 0 atom stereocenters. The summed E-state index contributed by atoms with van der Waals surface area (Å²) in [5.74, 6) is 1.82. The lowest BCUT2D eigenvalue weighted by Gasteiger charge is -2.40. The maximum absolute atomic E-state index is 12.8. The van der Waals surface area contributed by atoms with E-state index in [0.29, 0.717) is 11.6 Å². The third-order valence-corrected chi connectivity index (χ3v) is 4.84. The molecule has 3 rings (SSSR count). The fourth-order valence-electron chi connectivity index (χ4n) is 3.17. The van der Waals surface area contributed by atoms with Gasteiger partial charge in [0.15, 0.2) is 0 Å². The van der Waals surface area contributed by atoms with Crippen molar-refractivity contribution in [2.75, 3.05) is 0 Å². The first-order valence-corrected chi connectivity index (χ1v) is 7.99. The van der Waals surface area contributed by atoms with Crippen molar-refractivity contribution < 1.29 is 9.21 Å². The van der Waals surface area contributed by atoms with Crippen molar-refractivity contribution in [2.45, 2.75) is 45.1 Å². The first kappa shape index (κ1) is 15.2. The highest BCUT2D eigenvalue weighted by Crippen LogP contribution is 2.44. The minimum absolute atomic E-state index is 0.0827. The molecule has 22 heavy (non-hydrogen) atoms. The van der Waals surface area contributed by atoms with Gasteiger partial charge >= 0.3 is 0 Å². The first-order valence-electron chi connectivity index (χ1n) is 7.61. The lowest BCUT2D eigenvalue weighted by Crippen LogP contribution is -2.49. The number of rotatable bonds is 4. The molecular weight excluding hydrogens is 298 g/mol. The molecule has 1 aliphatic rings. The van der Waals surface area contributed by atoms with Crippen molar-refractivity contribution in [1.29, 1.82) is 0 Å². The van der Waals surface area contributed by atoms with Gasteiger partial charge in [0.25, 0.3) is 0 Å². The van der Waals surface area contributed by atoms with Gasteiger partial charge in [-0.1, -0.05) is 30.2 Å². The standard InChI is InChI=1S/C18H20ClNO2/c1-12-9-14(13(2)22-12)11-20-17(21)18(7-4-8-18)15-5-3-6-16(19)10-15/h3,5-6,9-10H,4,7-8,11H2,1-2H3,(H,20,21).